The Labute approximate surface area is 96.0 Å². The van der Waals surface area contributed by atoms with Crippen LogP contribution in [0.5, 0.6) is 0 Å². The molecule has 0 radical (unpaired) electrons. The zero-order valence-corrected chi connectivity index (χ0v) is 9.90. The van der Waals surface area contributed by atoms with E-state index in [1.165, 1.54) is 4.90 Å². The van der Waals surface area contributed by atoms with E-state index >= 15 is 0 Å². The minimum Gasteiger partial charge on any atom is -0.465 e. The molecule has 86 valence electrons. The molecule has 0 spiro atoms. The lowest BCUT2D eigenvalue weighted by Gasteiger charge is -2.33. The van der Waals surface area contributed by atoms with Crippen molar-refractivity contribution in [2.45, 2.75) is 26.3 Å². The van der Waals surface area contributed by atoms with Gasteiger partial charge in [0.1, 0.15) is 0 Å². The van der Waals surface area contributed by atoms with Crippen molar-refractivity contribution >= 4 is 17.9 Å². The van der Waals surface area contributed by atoms with Crippen LogP contribution in [0.4, 0.5) is 10.5 Å². The standard InChI is InChI=1S/C13H17NO2/c1-5-10-7-6-8-11(9-10)14(12(15)16)13(2,3)4/h5-9H,1H2,2-4H3,(H,15,16). The number of hydrogen-bond acceptors (Lipinski definition) is 1. The molecule has 0 aromatic heterocycles. The summed E-state index contributed by atoms with van der Waals surface area (Å²) in [6, 6.07) is 7.31. The predicted molar refractivity (Wildman–Crippen MR) is 66.8 cm³/mol. The zero-order valence-electron chi connectivity index (χ0n) is 9.90. The molecule has 0 saturated carbocycles. The average molecular weight is 219 g/mol. The third kappa shape index (κ3) is 2.63. The van der Waals surface area contributed by atoms with Crippen LogP contribution >= 0.6 is 0 Å². The van der Waals surface area contributed by atoms with Gasteiger partial charge in [0.25, 0.3) is 0 Å². The lowest BCUT2D eigenvalue weighted by molar-refractivity contribution is 0.195. The Bertz CT molecular complexity index is 405. The number of carbonyl (C=O) groups is 1. The van der Waals surface area contributed by atoms with Crippen LogP contribution in [0.25, 0.3) is 6.08 Å². The average Bonchev–Trinajstić information content (AvgIpc) is 2.15. The number of benzene rings is 1. The van der Waals surface area contributed by atoms with E-state index in [4.69, 9.17) is 0 Å². The number of hydrogen-bond donors (Lipinski definition) is 1. The number of rotatable bonds is 2. The van der Waals surface area contributed by atoms with Crippen LogP contribution in [-0.2, 0) is 0 Å². The summed E-state index contributed by atoms with van der Waals surface area (Å²) >= 11 is 0. The molecule has 1 N–H and O–H groups in total. The smallest absolute Gasteiger partial charge is 0.412 e. The van der Waals surface area contributed by atoms with Crippen LogP contribution in [0, 0.1) is 0 Å². The van der Waals surface area contributed by atoms with Gasteiger partial charge < -0.3 is 5.11 Å². The summed E-state index contributed by atoms with van der Waals surface area (Å²) < 4.78 is 0. The fourth-order valence-electron chi connectivity index (χ4n) is 1.58. The number of anilines is 1. The molecule has 0 saturated heterocycles. The summed E-state index contributed by atoms with van der Waals surface area (Å²) in [6.07, 6.45) is 0.750. The van der Waals surface area contributed by atoms with Gasteiger partial charge in [-0.3, -0.25) is 4.90 Å². The van der Waals surface area contributed by atoms with Crippen LogP contribution in [0.1, 0.15) is 26.3 Å². The van der Waals surface area contributed by atoms with E-state index < -0.39 is 11.6 Å². The molecule has 0 aliphatic heterocycles. The molecule has 0 aliphatic carbocycles. The van der Waals surface area contributed by atoms with E-state index in [2.05, 4.69) is 6.58 Å². The first-order valence-electron chi connectivity index (χ1n) is 5.12. The van der Waals surface area contributed by atoms with Crippen LogP contribution in [0.15, 0.2) is 30.8 Å². The van der Waals surface area contributed by atoms with Crippen molar-refractivity contribution in [2.24, 2.45) is 0 Å². The second-order valence-electron chi connectivity index (χ2n) is 4.59. The van der Waals surface area contributed by atoms with Crippen molar-refractivity contribution in [2.75, 3.05) is 4.90 Å². The highest BCUT2D eigenvalue weighted by atomic mass is 16.4. The highest BCUT2D eigenvalue weighted by Crippen LogP contribution is 2.25. The first-order valence-corrected chi connectivity index (χ1v) is 5.12. The Morgan fingerprint density at radius 3 is 2.50 bits per heavy atom. The lowest BCUT2D eigenvalue weighted by Crippen LogP contribution is -2.45. The molecule has 0 aliphatic rings. The largest absolute Gasteiger partial charge is 0.465 e. The highest BCUT2D eigenvalue weighted by molar-refractivity contribution is 5.88. The summed E-state index contributed by atoms with van der Waals surface area (Å²) in [5.74, 6) is 0. The van der Waals surface area contributed by atoms with Gasteiger partial charge in [-0.25, -0.2) is 4.79 Å². The van der Waals surface area contributed by atoms with Gasteiger partial charge in [0.15, 0.2) is 0 Å². The SMILES string of the molecule is C=Cc1cccc(N(C(=O)O)C(C)(C)C)c1. The van der Waals surface area contributed by atoms with Crippen LogP contribution in [0.3, 0.4) is 0 Å². The second kappa shape index (κ2) is 4.39. The van der Waals surface area contributed by atoms with Gasteiger partial charge in [-0.1, -0.05) is 24.8 Å². The number of amides is 1. The molecule has 0 heterocycles. The molecular formula is C13H17NO2. The predicted octanol–water partition coefficient (Wildman–Crippen LogP) is 3.61. The van der Waals surface area contributed by atoms with E-state index in [9.17, 15) is 9.90 Å². The Morgan fingerprint density at radius 2 is 2.06 bits per heavy atom. The fraction of sp³-hybridized carbons (Fsp3) is 0.308. The first-order chi connectivity index (χ1) is 7.36. The fourth-order valence-corrected chi connectivity index (χ4v) is 1.58. The molecule has 0 atom stereocenters. The summed E-state index contributed by atoms with van der Waals surface area (Å²) in [4.78, 5) is 12.6. The van der Waals surface area contributed by atoms with E-state index in [0.717, 1.165) is 5.56 Å². The van der Waals surface area contributed by atoms with Gasteiger partial charge in [-0.2, -0.15) is 0 Å². The molecule has 3 heteroatoms. The maximum Gasteiger partial charge on any atom is 0.412 e. The third-order valence-electron chi connectivity index (χ3n) is 2.23. The molecule has 1 aromatic carbocycles. The summed E-state index contributed by atoms with van der Waals surface area (Å²) in [5.41, 5.74) is 1.11. The molecule has 0 bridgehead atoms. The molecule has 16 heavy (non-hydrogen) atoms. The Kier molecular flexibility index (Phi) is 3.38. The third-order valence-corrected chi connectivity index (χ3v) is 2.23. The second-order valence-corrected chi connectivity index (χ2v) is 4.59. The van der Waals surface area contributed by atoms with Crippen molar-refractivity contribution in [3.8, 4) is 0 Å². The maximum absolute atomic E-state index is 11.2. The van der Waals surface area contributed by atoms with Crippen molar-refractivity contribution in [3.63, 3.8) is 0 Å². The maximum atomic E-state index is 11.2. The lowest BCUT2D eigenvalue weighted by atomic mass is 10.0. The quantitative estimate of drug-likeness (QED) is 0.825. The monoisotopic (exact) mass is 219 g/mol. The van der Waals surface area contributed by atoms with Gasteiger partial charge in [-0.15, -0.1) is 0 Å². The van der Waals surface area contributed by atoms with E-state index in [1.54, 1.807) is 12.1 Å². The number of nitrogens with zero attached hydrogens (tertiary/aromatic N) is 1. The van der Waals surface area contributed by atoms with Crippen LogP contribution in [0.2, 0.25) is 0 Å². The molecule has 1 aromatic rings. The minimum atomic E-state index is -0.950. The molecule has 0 unspecified atom stereocenters. The Morgan fingerprint density at radius 1 is 1.44 bits per heavy atom. The summed E-state index contributed by atoms with van der Waals surface area (Å²) in [7, 11) is 0. The van der Waals surface area contributed by atoms with Gasteiger partial charge in [0.2, 0.25) is 0 Å². The Balaban J connectivity index is 3.21. The van der Waals surface area contributed by atoms with E-state index in [0.29, 0.717) is 5.69 Å². The van der Waals surface area contributed by atoms with Crippen molar-refractivity contribution < 1.29 is 9.90 Å². The van der Waals surface area contributed by atoms with Crippen molar-refractivity contribution in [1.29, 1.82) is 0 Å². The van der Waals surface area contributed by atoms with Crippen LogP contribution < -0.4 is 4.90 Å². The van der Waals surface area contributed by atoms with Gasteiger partial charge in [0.05, 0.1) is 0 Å². The highest BCUT2D eigenvalue weighted by Gasteiger charge is 2.27. The zero-order chi connectivity index (χ0) is 12.3. The topological polar surface area (TPSA) is 40.5 Å². The van der Waals surface area contributed by atoms with Crippen molar-refractivity contribution in [1.82, 2.24) is 0 Å². The molecule has 1 rings (SSSR count). The molecule has 0 fully saturated rings. The molecular weight excluding hydrogens is 202 g/mol. The summed E-state index contributed by atoms with van der Waals surface area (Å²) in [5, 5.41) is 9.23. The van der Waals surface area contributed by atoms with E-state index in [-0.39, 0.29) is 0 Å². The number of carboxylic acid groups (broad SMARTS) is 1. The van der Waals surface area contributed by atoms with Crippen LogP contribution in [-0.4, -0.2) is 16.7 Å². The van der Waals surface area contributed by atoms with Crippen molar-refractivity contribution in [3.05, 3.63) is 36.4 Å². The summed E-state index contributed by atoms with van der Waals surface area (Å²) in [6.45, 7) is 9.26. The van der Waals surface area contributed by atoms with Gasteiger partial charge in [-0.05, 0) is 38.5 Å². The first kappa shape index (κ1) is 12.3. The minimum absolute atomic E-state index is 0.467. The van der Waals surface area contributed by atoms with E-state index in [1.807, 2.05) is 39.0 Å². The Hall–Kier alpha value is -1.77. The molecule has 1 amide bonds. The normalized spacial score (nSPS) is 10.9. The molecule has 3 nitrogen and oxygen atoms in total. The van der Waals surface area contributed by atoms with Gasteiger partial charge in [0, 0.05) is 11.2 Å². The van der Waals surface area contributed by atoms with Gasteiger partial charge >= 0.3 is 6.09 Å².